The summed E-state index contributed by atoms with van der Waals surface area (Å²) in [5.74, 6) is 0.752. The largest absolute Gasteiger partial charge is 0.378 e. The summed E-state index contributed by atoms with van der Waals surface area (Å²) in [6.07, 6.45) is 1.71. The van der Waals surface area contributed by atoms with Gasteiger partial charge in [-0.1, -0.05) is 29.5 Å². The van der Waals surface area contributed by atoms with E-state index in [9.17, 15) is 0 Å². The van der Waals surface area contributed by atoms with Crippen LogP contribution in [0.1, 0.15) is 20.3 Å². The summed E-state index contributed by atoms with van der Waals surface area (Å²) < 4.78 is 6.28. The molecule has 0 saturated carbocycles. The van der Waals surface area contributed by atoms with Gasteiger partial charge in [-0.2, -0.15) is 0 Å². The molecule has 2 heteroatoms. The van der Waals surface area contributed by atoms with E-state index in [1.165, 1.54) is 6.42 Å². The Kier molecular flexibility index (Phi) is 2.76. The highest BCUT2D eigenvalue weighted by atomic mass is 127. The Labute approximate surface area is 70.3 Å². The molecule has 0 spiro atoms. The molecule has 1 saturated heterocycles. The lowest BCUT2D eigenvalue weighted by molar-refractivity contribution is 0.00657. The zero-order chi connectivity index (χ0) is 6.85. The summed E-state index contributed by atoms with van der Waals surface area (Å²) >= 11 is 2.52. The number of alkyl halides is 1. The van der Waals surface area contributed by atoms with Gasteiger partial charge in [-0.3, -0.25) is 0 Å². The summed E-state index contributed by atoms with van der Waals surface area (Å²) in [4.78, 5) is 0. The Morgan fingerprint density at radius 1 is 1.44 bits per heavy atom. The second kappa shape index (κ2) is 3.19. The molecular weight excluding hydrogens is 227 g/mol. The first-order valence-electron chi connectivity index (χ1n) is 3.46. The molecule has 3 atom stereocenters. The highest BCUT2D eigenvalue weighted by Crippen LogP contribution is 2.25. The van der Waals surface area contributed by atoms with E-state index in [1.54, 1.807) is 0 Å². The molecule has 54 valence electrons. The van der Waals surface area contributed by atoms with E-state index in [0.717, 1.165) is 16.4 Å². The molecule has 1 unspecified atom stereocenters. The average Bonchev–Trinajstić information content (AvgIpc) is 1.80. The standard InChI is InChI=1S/C7H13IO/c1-5-4-9-6(2)3-7(5)8/h5-7H,3-4H2,1-2H3/t5-,6?,7+/m1/s1. The van der Waals surface area contributed by atoms with Crippen molar-refractivity contribution in [1.82, 2.24) is 0 Å². The Morgan fingerprint density at radius 3 is 2.56 bits per heavy atom. The Hall–Kier alpha value is 0.690. The quantitative estimate of drug-likeness (QED) is 0.466. The van der Waals surface area contributed by atoms with Gasteiger partial charge < -0.3 is 4.74 Å². The van der Waals surface area contributed by atoms with Crippen LogP contribution in [-0.4, -0.2) is 16.6 Å². The summed E-state index contributed by atoms with van der Waals surface area (Å²) in [5.41, 5.74) is 0. The second-order valence-electron chi connectivity index (χ2n) is 2.87. The van der Waals surface area contributed by atoms with E-state index in [0.29, 0.717) is 6.10 Å². The molecule has 0 radical (unpaired) electrons. The molecule has 0 N–H and O–H groups in total. The minimum atomic E-state index is 0.489. The van der Waals surface area contributed by atoms with Crippen molar-refractivity contribution in [2.45, 2.75) is 30.3 Å². The van der Waals surface area contributed by atoms with Crippen molar-refractivity contribution >= 4 is 22.6 Å². The van der Waals surface area contributed by atoms with Gasteiger partial charge in [-0.15, -0.1) is 0 Å². The van der Waals surface area contributed by atoms with E-state index in [2.05, 4.69) is 36.4 Å². The van der Waals surface area contributed by atoms with Crippen LogP contribution in [0.5, 0.6) is 0 Å². The third-order valence-corrected chi connectivity index (χ3v) is 3.55. The van der Waals surface area contributed by atoms with Crippen LogP contribution in [0.4, 0.5) is 0 Å². The third-order valence-electron chi connectivity index (χ3n) is 1.82. The van der Waals surface area contributed by atoms with Crippen LogP contribution in [0, 0.1) is 5.92 Å². The Morgan fingerprint density at radius 2 is 2.11 bits per heavy atom. The number of hydrogen-bond donors (Lipinski definition) is 0. The third kappa shape index (κ3) is 2.08. The fourth-order valence-electron chi connectivity index (χ4n) is 1.04. The normalized spacial score (nSPS) is 45.0. The molecule has 1 aliphatic heterocycles. The molecule has 0 bridgehead atoms. The molecule has 9 heavy (non-hydrogen) atoms. The van der Waals surface area contributed by atoms with Crippen molar-refractivity contribution in [1.29, 1.82) is 0 Å². The van der Waals surface area contributed by atoms with Crippen LogP contribution in [0.3, 0.4) is 0 Å². The fraction of sp³-hybridized carbons (Fsp3) is 1.00. The molecule has 0 aliphatic carbocycles. The summed E-state index contributed by atoms with van der Waals surface area (Å²) in [6, 6.07) is 0. The smallest absolute Gasteiger partial charge is 0.0557 e. The van der Waals surface area contributed by atoms with Crippen molar-refractivity contribution < 1.29 is 4.74 Å². The lowest BCUT2D eigenvalue weighted by atomic mass is 10.0. The summed E-state index contributed by atoms with van der Waals surface area (Å²) in [5, 5.41) is 0. The minimum Gasteiger partial charge on any atom is -0.378 e. The highest BCUT2D eigenvalue weighted by molar-refractivity contribution is 14.1. The van der Waals surface area contributed by atoms with Crippen molar-refractivity contribution in [2.75, 3.05) is 6.61 Å². The van der Waals surface area contributed by atoms with Gasteiger partial charge in [-0.25, -0.2) is 0 Å². The molecule has 1 fully saturated rings. The summed E-state index contributed by atoms with van der Waals surface area (Å²) in [6.45, 7) is 5.36. The molecule has 0 amide bonds. The van der Waals surface area contributed by atoms with Gasteiger partial charge in [0.05, 0.1) is 12.7 Å². The first-order valence-corrected chi connectivity index (χ1v) is 4.70. The molecule has 0 aromatic heterocycles. The zero-order valence-electron chi connectivity index (χ0n) is 5.93. The maximum absolute atomic E-state index is 5.46. The molecule has 0 aromatic rings. The van der Waals surface area contributed by atoms with E-state index < -0.39 is 0 Å². The van der Waals surface area contributed by atoms with Crippen LogP contribution in [-0.2, 0) is 4.74 Å². The minimum absolute atomic E-state index is 0.489. The Bertz CT molecular complexity index is 94.9. The summed E-state index contributed by atoms with van der Waals surface area (Å²) in [7, 11) is 0. The molecule has 1 aliphatic rings. The average molecular weight is 240 g/mol. The van der Waals surface area contributed by atoms with Crippen LogP contribution >= 0.6 is 22.6 Å². The predicted octanol–water partition coefficient (Wildman–Crippen LogP) is 2.23. The first kappa shape index (κ1) is 7.79. The maximum Gasteiger partial charge on any atom is 0.0557 e. The van der Waals surface area contributed by atoms with Crippen molar-refractivity contribution in [2.24, 2.45) is 5.92 Å². The van der Waals surface area contributed by atoms with Gasteiger partial charge in [0.15, 0.2) is 0 Å². The lowest BCUT2D eigenvalue weighted by Gasteiger charge is -2.28. The highest BCUT2D eigenvalue weighted by Gasteiger charge is 2.22. The molecule has 1 rings (SSSR count). The van der Waals surface area contributed by atoms with E-state index in [-0.39, 0.29) is 0 Å². The van der Waals surface area contributed by atoms with Gasteiger partial charge in [0.25, 0.3) is 0 Å². The van der Waals surface area contributed by atoms with Crippen LogP contribution in [0.25, 0.3) is 0 Å². The van der Waals surface area contributed by atoms with Crippen molar-refractivity contribution in [3.05, 3.63) is 0 Å². The molecule has 1 nitrogen and oxygen atoms in total. The van der Waals surface area contributed by atoms with Gasteiger partial charge in [-0.05, 0) is 19.3 Å². The predicted molar refractivity (Wildman–Crippen MR) is 47.0 cm³/mol. The fourth-order valence-corrected chi connectivity index (χ4v) is 1.96. The number of halogens is 1. The second-order valence-corrected chi connectivity index (χ2v) is 4.47. The lowest BCUT2D eigenvalue weighted by Crippen LogP contribution is -2.30. The van der Waals surface area contributed by atoms with Gasteiger partial charge >= 0.3 is 0 Å². The van der Waals surface area contributed by atoms with Crippen molar-refractivity contribution in [3.63, 3.8) is 0 Å². The topological polar surface area (TPSA) is 9.23 Å². The number of ether oxygens (including phenoxy) is 1. The monoisotopic (exact) mass is 240 g/mol. The zero-order valence-corrected chi connectivity index (χ0v) is 8.09. The number of rotatable bonds is 0. The molecular formula is C7H13IO. The SMILES string of the molecule is CC1C[C@H](I)[C@H](C)CO1. The number of hydrogen-bond acceptors (Lipinski definition) is 1. The van der Waals surface area contributed by atoms with Crippen molar-refractivity contribution in [3.8, 4) is 0 Å². The van der Waals surface area contributed by atoms with Crippen LogP contribution in [0.2, 0.25) is 0 Å². The van der Waals surface area contributed by atoms with Gasteiger partial charge in [0.2, 0.25) is 0 Å². The van der Waals surface area contributed by atoms with Crippen LogP contribution in [0.15, 0.2) is 0 Å². The molecule has 1 heterocycles. The van der Waals surface area contributed by atoms with E-state index >= 15 is 0 Å². The van der Waals surface area contributed by atoms with E-state index in [1.807, 2.05) is 0 Å². The Balaban J connectivity index is 2.35. The molecule has 0 aromatic carbocycles. The van der Waals surface area contributed by atoms with E-state index in [4.69, 9.17) is 4.74 Å². The van der Waals surface area contributed by atoms with Gasteiger partial charge in [0.1, 0.15) is 0 Å². The maximum atomic E-state index is 5.46. The van der Waals surface area contributed by atoms with Crippen LogP contribution < -0.4 is 0 Å². The van der Waals surface area contributed by atoms with Gasteiger partial charge in [0, 0.05) is 3.92 Å². The first-order chi connectivity index (χ1) is 4.20.